The van der Waals surface area contributed by atoms with Crippen LogP contribution in [0.2, 0.25) is 10.0 Å². The summed E-state index contributed by atoms with van der Waals surface area (Å²) in [6, 6.07) is 4.19. The summed E-state index contributed by atoms with van der Waals surface area (Å²) < 4.78 is 0. The third-order valence-corrected chi connectivity index (χ3v) is 2.18. The molecule has 0 aliphatic heterocycles. The molecule has 0 fully saturated rings. The average molecular weight is 262 g/mol. The number of urea groups is 1. The van der Waals surface area contributed by atoms with Crippen LogP contribution in [-0.2, 0) is 4.79 Å². The number of hydrazine groups is 1. The summed E-state index contributed by atoms with van der Waals surface area (Å²) >= 11 is 11.6. The van der Waals surface area contributed by atoms with Gasteiger partial charge in [-0.15, -0.1) is 0 Å². The maximum absolute atomic E-state index is 11.3. The van der Waals surface area contributed by atoms with E-state index in [9.17, 15) is 9.59 Å². The molecule has 86 valence electrons. The van der Waals surface area contributed by atoms with Crippen LogP contribution in [0.4, 0.5) is 10.5 Å². The molecule has 5 nitrogen and oxygen atoms in total. The van der Waals surface area contributed by atoms with Gasteiger partial charge in [0.05, 0.1) is 15.7 Å². The van der Waals surface area contributed by atoms with Gasteiger partial charge in [0.1, 0.15) is 0 Å². The summed E-state index contributed by atoms with van der Waals surface area (Å²) in [6.07, 6.45) is 0. The predicted octanol–water partition coefficient (Wildman–Crippen LogP) is 2.17. The molecule has 3 N–H and O–H groups in total. The Morgan fingerprint density at radius 3 is 2.19 bits per heavy atom. The molecule has 0 radical (unpaired) electrons. The quantitative estimate of drug-likeness (QED) is 0.679. The summed E-state index contributed by atoms with van der Waals surface area (Å²) in [5.41, 5.74) is 4.52. The van der Waals surface area contributed by atoms with Gasteiger partial charge in [-0.25, -0.2) is 10.2 Å². The molecule has 0 aliphatic carbocycles. The predicted molar refractivity (Wildman–Crippen MR) is 62.4 cm³/mol. The minimum atomic E-state index is -0.634. The Bertz CT molecular complexity index is 403. The van der Waals surface area contributed by atoms with Crippen LogP contribution in [0.1, 0.15) is 6.92 Å². The van der Waals surface area contributed by atoms with Crippen LogP contribution in [0.3, 0.4) is 0 Å². The van der Waals surface area contributed by atoms with Crippen LogP contribution >= 0.6 is 23.2 Å². The molecule has 0 saturated carbocycles. The molecule has 7 heteroatoms. The number of nitrogens with one attached hydrogen (secondary N) is 3. The number of carbonyl (C=O) groups excluding carboxylic acids is 2. The summed E-state index contributed by atoms with van der Waals surface area (Å²) in [5, 5.41) is 3.03. The first-order chi connectivity index (χ1) is 7.50. The normalized spacial score (nSPS) is 9.44. The number of hydrogen-bond donors (Lipinski definition) is 3. The van der Waals surface area contributed by atoms with Crippen molar-refractivity contribution in [1.29, 1.82) is 0 Å². The number of carbonyl (C=O) groups is 2. The molecule has 0 aromatic heterocycles. The van der Waals surface area contributed by atoms with Crippen molar-refractivity contribution in [3.63, 3.8) is 0 Å². The highest BCUT2D eigenvalue weighted by atomic mass is 35.5. The Morgan fingerprint density at radius 1 is 1.12 bits per heavy atom. The highest BCUT2D eigenvalue weighted by molar-refractivity contribution is 6.39. The van der Waals surface area contributed by atoms with Gasteiger partial charge in [0.25, 0.3) is 0 Å². The Balaban J connectivity index is 2.66. The van der Waals surface area contributed by atoms with Crippen LogP contribution < -0.4 is 16.2 Å². The number of rotatable bonds is 1. The molecule has 0 bridgehead atoms. The highest BCUT2D eigenvalue weighted by Gasteiger charge is 2.08. The molecule has 1 aromatic carbocycles. The van der Waals surface area contributed by atoms with Gasteiger partial charge in [0, 0.05) is 6.92 Å². The van der Waals surface area contributed by atoms with Gasteiger partial charge >= 0.3 is 6.03 Å². The Hall–Kier alpha value is -1.46. The van der Waals surface area contributed by atoms with Crippen molar-refractivity contribution in [3.05, 3.63) is 28.2 Å². The van der Waals surface area contributed by atoms with Crippen LogP contribution in [0.15, 0.2) is 18.2 Å². The fourth-order valence-corrected chi connectivity index (χ4v) is 1.40. The first kappa shape index (κ1) is 12.6. The lowest BCUT2D eigenvalue weighted by atomic mass is 10.3. The van der Waals surface area contributed by atoms with E-state index in [1.54, 1.807) is 18.2 Å². The van der Waals surface area contributed by atoms with E-state index in [0.29, 0.717) is 10.0 Å². The fourth-order valence-electron chi connectivity index (χ4n) is 0.907. The Morgan fingerprint density at radius 2 is 1.69 bits per heavy atom. The zero-order chi connectivity index (χ0) is 12.1. The number of benzene rings is 1. The van der Waals surface area contributed by atoms with E-state index in [4.69, 9.17) is 23.2 Å². The van der Waals surface area contributed by atoms with Gasteiger partial charge in [-0.3, -0.25) is 10.2 Å². The molecule has 1 rings (SSSR count). The van der Waals surface area contributed by atoms with Crippen molar-refractivity contribution in [2.45, 2.75) is 6.92 Å². The van der Waals surface area contributed by atoms with Gasteiger partial charge in [-0.1, -0.05) is 29.3 Å². The van der Waals surface area contributed by atoms with E-state index < -0.39 is 6.03 Å². The van der Waals surface area contributed by atoms with Gasteiger partial charge in [-0.2, -0.15) is 0 Å². The number of halogens is 2. The molecule has 1 aromatic rings. The maximum atomic E-state index is 11.3. The lowest BCUT2D eigenvalue weighted by molar-refractivity contribution is -0.119. The minimum absolute atomic E-state index is 0.286. The molecule has 0 unspecified atom stereocenters. The van der Waals surface area contributed by atoms with E-state index in [0.717, 1.165) is 0 Å². The first-order valence-corrected chi connectivity index (χ1v) is 5.04. The molecule has 0 saturated heterocycles. The lowest BCUT2D eigenvalue weighted by Crippen LogP contribution is -2.42. The minimum Gasteiger partial charge on any atom is -0.304 e. The molecular weight excluding hydrogens is 253 g/mol. The van der Waals surface area contributed by atoms with E-state index >= 15 is 0 Å². The lowest BCUT2D eigenvalue weighted by Gasteiger charge is -2.10. The van der Waals surface area contributed by atoms with Gasteiger partial charge in [0.15, 0.2) is 0 Å². The third-order valence-electron chi connectivity index (χ3n) is 1.55. The second kappa shape index (κ2) is 5.58. The Labute approximate surface area is 102 Å². The van der Waals surface area contributed by atoms with Crippen molar-refractivity contribution >= 4 is 40.8 Å². The van der Waals surface area contributed by atoms with E-state index in [-0.39, 0.29) is 11.6 Å². The van der Waals surface area contributed by atoms with E-state index in [1.807, 2.05) is 0 Å². The number of para-hydroxylation sites is 1. The molecular formula is C9H9Cl2N3O2. The summed E-state index contributed by atoms with van der Waals surface area (Å²) in [7, 11) is 0. The SMILES string of the molecule is CC(=O)NNC(=O)Nc1c(Cl)cccc1Cl. The van der Waals surface area contributed by atoms with Gasteiger partial charge in [0.2, 0.25) is 5.91 Å². The zero-order valence-corrected chi connectivity index (χ0v) is 9.82. The number of anilines is 1. The van der Waals surface area contributed by atoms with E-state index in [2.05, 4.69) is 16.2 Å². The number of amides is 3. The van der Waals surface area contributed by atoms with Crippen molar-refractivity contribution in [1.82, 2.24) is 10.9 Å². The second-order valence-electron chi connectivity index (χ2n) is 2.86. The van der Waals surface area contributed by atoms with Crippen molar-refractivity contribution < 1.29 is 9.59 Å². The summed E-state index contributed by atoms with van der Waals surface area (Å²) in [6.45, 7) is 1.27. The van der Waals surface area contributed by atoms with Gasteiger partial charge in [-0.05, 0) is 12.1 Å². The third kappa shape index (κ3) is 3.60. The highest BCUT2D eigenvalue weighted by Crippen LogP contribution is 2.29. The summed E-state index contributed by atoms with van der Waals surface area (Å²) in [5.74, 6) is -0.389. The topological polar surface area (TPSA) is 70.2 Å². The standard InChI is InChI=1S/C9H9Cl2N3O2/c1-5(15)13-14-9(16)12-8-6(10)3-2-4-7(8)11/h2-4H,1H3,(H,13,15)(H2,12,14,16). The maximum Gasteiger partial charge on any atom is 0.338 e. The van der Waals surface area contributed by atoms with Crippen molar-refractivity contribution in [3.8, 4) is 0 Å². The smallest absolute Gasteiger partial charge is 0.304 e. The van der Waals surface area contributed by atoms with Crippen LogP contribution in [-0.4, -0.2) is 11.9 Å². The van der Waals surface area contributed by atoms with Crippen LogP contribution in [0, 0.1) is 0 Å². The average Bonchev–Trinajstić information content (AvgIpc) is 2.21. The molecule has 0 aliphatic rings. The van der Waals surface area contributed by atoms with Crippen LogP contribution in [0.25, 0.3) is 0 Å². The Kier molecular flexibility index (Phi) is 4.39. The van der Waals surface area contributed by atoms with Crippen molar-refractivity contribution in [2.24, 2.45) is 0 Å². The molecule has 3 amide bonds. The first-order valence-electron chi connectivity index (χ1n) is 4.28. The van der Waals surface area contributed by atoms with Crippen molar-refractivity contribution in [2.75, 3.05) is 5.32 Å². The molecule has 0 heterocycles. The second-order valence-corrected chi connectivity index (χ2v) is 3.67. The monoisotopic (exact) mass is 261 g/mol. The number of hydrogen-bond acceptors (Lipinski definition) is 2. The molecule has 0 atom stereocenters. The fraction of sp³-hybridized carbons (Fsp3) is 0.111. The molecule has 16 heavy (non-hydrogen) atoms. The van der Waals surface area contributed by atoms with Gasteiger partial charge < -0.3 is 5.32 Å². The zero-order valence-electron chi connectivity index (χ0n) is 8.30. The largest absolute Gasteiger partial charge is 0.338 e. The molecule has 0 spiro atoms. The summed E-state index contributed by atoms with van der Waals surface area (Å²) in [4.78, 5) is 21.8. The van der Waals surface area contributed by atoms with E-state index in [1.165, 1.54) is 6.92 Å². The van der Waals surface area contributed by atoms with Crippen LogP contribution in [0.5, 0.6) is 0 Å².